The summed E-state index contributed by atoms with van der Waals surface area (Å²) in [5, 5.41) is 3.99. The molecule has 0 aromatic carbocycles. The van der Waals surface area contributed by atoms with Gasteiger partial charge in [0.15, 0.2) is 5.82 Å². The molecule has 1 aromatic rings. The third-order valence-electron chi connectivity index (χ3n) is 4.28. The average molecular weight is 323 g/mol. The van der Waals surface area contributed by atoms with Crippen LogP contribution in [0.4, 0.5) is 0 Å². The minimum atomic E-state index is 0.226. The van der Waals surface area contributed by atoms with Crippen LogP contribution < -0.4 is 0 Å². The van der Waals surface area contributed by atoms with E-state index in [0.29, 0.717) is 19.0 Å². The van der Waals surface area contributed by atoms with Gasteiger partial charge in [0.05, 0.1) is 13.1 Å². The van der Waals surface area contributed by atoms with Crippen LogP contribution in [0.15, 0.2) is 4.52 Å². The van der Waals surface area contributed by atoms with E-state index < -0.39 is 0 Å². The molecule has 1 aromatic heterocycles. The zero-order valence-corrected chi connectivity index (χ0v) is 14.6. The summed E-state index contributed by atoms with van der Waals surface area (Å²) in [7, 11) is 0. The van der Waals surface area contributed by atoms with Crippen molar-refractivity contribution in [2.45, 2.75) is 40.2 Å². The number of aryl methyl sites for hydroxylation is 1. The lowest BCUT2D eigenvalue weighted by Gasteiger charge is -2.34. The molecule has 0 bridgehead atoms. The summed E-state index contributed by atoms with van der Waals surface area (Å²) in [5.41, 5.74) is 0. The van der Waals surface area contributed by atoms with Crippen molar-refractivity contribution in [1.82, 2.24) is 24.8 Å². The molecule has 1 amide bonds. The average Bonchev–Trinajstić information content (AvgIpc) is 2.98. The van der Waals surface area contributed by atoms with Gasteiger partial charge >= 0.3 is 0 Å². The van der Waals surface area contributed by atoms with Crippen LogP contribution in [0.25, 0.3) is 0 Å². The predicted octanol–water partition coefficient (Wildman–Crippen LogP) is 1.01. The Balaban J connectivity index is 1.74. The largest absolute Gasteiger partial charge is 0.342 e. The molecule has 0 saturated carbocycles. The highest BCUT2D eigenvalue weighted by Crippen LogP contribution is 2.08. The van der Waals surface area contributed by atoms with E-state index in [-0.39, 0.29) is 5.91 Å². The molecule has 0 unspecified atom stereocenters. The Morgan fingerprint density at radius 1 is 1.13 bits per heavy atom. The van der Waals surface area contributed by atoms with E-state index in [4.69, 9.17) is 4.52 Å². The van der Waals surface area contributed by atoms with Crippen molar-refractivity contribution in [3.8, 4) is 0 Å². The monoisotopic (exact) mass is 323 g/mol. The van der Waals surface area contributed by atoms with Crippen molar-refractivity contribution >= 4 is 5.91 Å². The van der Waals surface area contributed by atoms with Gasteiger partial charge in [-0.05, 0) is 20.3 Å². The molecule has 1 aliphatic heterocycles. The number of carbonyl (C=O) groups is 1. The van der Waals surface area contributed by atoms with Crippen molar-refractivity contribution in [2.24, 2.45) is 0 Å². The first-order chi connectivity index (χ1) is 11.2. The van der Waals surface area contributed by atoms with Crippen LogP contribution in [0.3, 0.4) is 0 Å². The van der Waals surface area contributed by atoms with E-state index in [1.165, 1.54) is 0 Å². The predicted molar refractivity (Wildman–Crippen MR) is 87.9 cm³/mol. The number of piperazine rings is 1. The van der Waals surface area contributed by atoms with Crippen molar-refractivity contribution < 1.29 is 9.32 Å². The normalized spacial score (nSPS) is 16.7. The fraction of sp³-hybridized carbons (Fsp3) is 0.812. The molecule has 0 radical (unpaired) electrons. The molecule has 0 spiro atoms. The number of aromatic nitrogens is 2. The second-order valence-electron chi connectivity index (χ2n) is 5.97. The molecule has 0 aliphatic carbocycles. The number of hydrogen-bond donors (Lipinski definition) is 0. The Bertz CT molecular complexity index is 479. The lowest BCUT2D eigenvalue weighted by molar-refractivity contribution is -0.132. The highest BCUT2D eigenvalue weighted by atomic mass is 16.5. The van der Waals surface area contributed by atoms with Crippen LogP contribution >= 0.6 is 0 Å². The smallest absolute Gasteiger partial charge is 0.240 e. The third-order valence-corrected chi connectivity index (χ3v) is 4.28. The minimum Gasteiger partial charge on any atom is -0.342 e. The molecule has 2 rings (SSSR count). The van der Waals surface area contributed by atoms with Gasteiger partial charge in [-0.2, -0.15) is 4.98 Å². The molecule has 2 heterocycles. The van der Waals surface area contributed by atoms with Crippen LogP contribution in [0.1, 0.15) is 38.9 Å². The maximum absolute atomic E-state index is 12.1. The van der Waals surface area contributed by atoms with Crippen LogP contribution in [-0.4, -0.2) is 76.6 Å². The van der Waals surface area contributed by atoms with Crippen LogP contribution in [0.5, 0.6) is 0 Å². The topological polar surface area (TPSA) is 65.7 Å². The lowest BCUT2D eigenvalue weighted by atomic mass is 10.3. The van der Waals surface area contributed by atoms with Gasteiger partial charge in [-0.25, -0.2) is 0 Å². The van der Waals surface area contributed by atoms with Crippen LogP contribution in [0.2, 0.25) is 0 Å². The third kappa shape index (κ3) is 5.28. The van der Waals surface area contributed by atoms with E-state index >= 15 is 0 Å². The maximum Gasteiger partial charge on any atom is 0.240 e. The van der Waals surface area contributed by atoms with Gasteiger partial charge in [0.2, 0.25) is 11.8 Å². The van der Waals surface area contributed by atoms with Gasteiger partial charge in [0.25, 0.3) is 0 Å². The number of amides is 1. The molecule has 7 heteroatoms. The summed E-state index contributed by atoms with van der Waals surface area (Å²) in [6.45, 7) is 12.6. The molecule has 23 heavy (non-hydrogen) atoms. The van der Waals surface area contributed by atoms with Gasteiger partial charge in [-0.3, -0.25) is 14.6 Å². The summed E-state index contributed by atoms with van der Waals surface area (Å²) in [5.74, 6) is 1.72. The van der Waals surface area contributed by atoms with Crippen molar-refractivity contribution in [1.29, 1.82) is 0 Å². The highest BCUT2D eigenvalue weighted by Gasteiger charge is 2.22. The summed E-state index contributed by atoms with van der Waals surface area (Å²) in [6.07, 6.45) is 1.89. The van der Waals surface area contributed by atoms with Crippen LogP contribution in [-0.2, 0) is 17.8 Å². The van der Waals surface area contributed by atoms with Gasteiger partial charge < -0.3 is 9.42 Å². The number of nitrogens with zero attached hydrogens (tertiary/aromatic N) is 5. The first-order valence-corrected chi connectivity index (χ1v) is 8.70. The molecular weight excluding hydrogens is 294 g/mol. The van der Waals surface area contributed by atoms with Crippen molar-refractivity contribution in [2.75, 3.05) is 45.8 Å². The Kier molecular flexibility index (Phi) is 6.98. The van der Waals surface area contributed by atoms with Gasteiger partial charge in [-0.1, -0.05) is 12.1 Å². The van der Waals surface area contributed by atoms with Crippen LogP contribution in [0, 0.1) is 0 Å². The van der Waals surface area contributed by atoms with E-state index in [1.807, 2.05) is 18.7 Å². The van der Waals surface area contributed by atoms with E-state index in [1.54, 1.807) is 0 Å². The van der Waals surface area contributed by atoms with E-state index in [9.17, 15) is 4.79 Å². The fourth-order valence-electron chi connectivity index (χ4n) is 2.84. The molecule has 1 aliphatic rings. The Labute approximate surface area is 138 Å². The Hall–Kier alpha value is -1.47. The van der Waals surface area contributed by atoms with Gasteiger partial charge in [0.1, 0.15) is 0 Å². The fourth-order valence-corrected chi connectivity index (χ4v) is 2.84. The zero-order chi connectivity index (χ0) is 16.7. The number of rotatable bonds is 8. The lowest BCUT2D eigenvalue weighted by Crippen LogP contribution is -2.49. The second-order valence-corrected chi connectivity index (χ2v) is 5.97. The summed E-state index contributed by atoms with van der Waals surface area (Å²) in [6, 6.07) is 0. The molecule has 1 fully saturated rings. The highest BCUT2D eigenvalue weighted by molar-refractivity contribution is 5.78. The van der Waals surface area contributed by atoms with Gasteiger partial charge in [-0.15, -0.1) is 0 Å². The van der Waals surface area contributed by atoms with E-state index in [0.717, 1.165) is 57.9 Å². The molecule has 0 N–H and O–H groups in total. The molecule has 7 nitrogen and oxygen atoms in total. The quantitative estimate of drug-likeness (QED) is 0.711. The number of carbonyl (C=O) groups excluding carboxylic acids is 1. The Morgan fingerprint density at radius 2 is 1.78 bits per heavy atom. The number of hydrogen-bond acceptors (Lipinski definition) is 6. The van der Waals surface area contributed by atoms with E-state index in [2.05, 4.69) is 26.9 Å². The van der Waals surface area contributed by atoms with Crippen molar-refractivity contribution in [3.63, 3.8) is 0 Å². The standard InChI is InChI=1S/C16H29N5O2/c1-4-7-14-17-15(23-18-14)12-19-8-10-20(11-9-19)13-16(22)21(5-2)6-3/h4-13H2,1-3H3. The molecule has 130 valence electrons. The maximum atomic E-state index is 12.1. The molecular formula is C16H29N5O2. The Morgan fingerprint density at radius 3 is 2.39 bits per heavy atom. The first kappa shape index (κ1) is 17.9. The molecule has 0 atom stereocenters. The minimum absolute atomic E-state index is 0.226. The SMILES string of the molecule is CCCc1noc(CN2CCN(CC(=O)N(CC)CC)CC2)n1. The zero-order valence-electron chi connectivity index (χ0n) is 14.6. The summed E-state index contributed by atoms with van der Waals surface area (Å²) in [4.78, 5) is 23.0. The number of likely N-dealkylation sites (N-methyl/N-ethyl adjacent to an activating group) is 1. The van der Waals surface area contributed by atoms with Gasteiger partial charge in [0, 0.05) is 45.7 Å². The first-order valence-electron chi connectivity index (χ1n) is 8.70. The summed E-state index contributed by atoms with van der Waals surface area (Å²) >= 11 is 0. The summed E-state index contributed by atoms with van der Waals surface area (Å²) < 4.78 is 5.29. The molecule has 1 saturated heterocycles. The van der Waals surface area contributed by atoms with Crippen molar-refractivity contribution in [3.05, 3.63) is 11.7 Å². The second kappa shape index (κ2) is 8.98.